The molecule has 24 heavy (non-hydrogen) atoms. The minimum absolute atomic E-state index is 0.0900. The van der Waals surface area contributed by atoms with Crippen LogP contribution in [-0.4, -0.2) is 42.4 Å². The molecule has 130 valence electrons. The van der Waals surface area contributed by atoms with Crippen LogP contribution in [0.3, 0.4) is 0 Å². The number of nitrogens with one attached hydrogen (secondary N) is 4. The molecule has 7 nitrogen and oxygen atoms in total. The van der Waals surface area contributed by atoms with Gasteiger partial charge in [-0.05, 0) is 50.6 Å². The van der Waals surface area contributed by atoms with Crippen molar-refractivity contribution in [2.75, 3.05) is 13.1 Å². The van der Waals surface area contributed by atoms with Gasteiger partial charge in [-0.1, -0.05) is 12.1 Å². The number of benzene rings is 1. The Morgan fingerprint density at radius 3 is 2.50 bits per heavy atom. The number of imide groups is 1. The number of urea groups is 2. The van der Waals surface area contributed by atoms with Crippen molar-refractivity contribution in [2.24, 2.45) is 0 Å². The number of halogens is 1. The molecule has 1 unspecified atom stereocenters. The van der Waals surface area contributed by atoms with Crippen molar-refractivity contribution in [3.63, 3.8) is 0 Å². The van der Waals surface area contributed by atoms with E-state index in [0.717, 1.165) is 31.5 Å². The summed E-state index contributed by atoms with van der Waals surface area (Å²) in [7, 11) is 0. The molecule has 1 aromatic rings. The Morgan fingerprint density at radius 1 is 1.21 bits per heavy atom. The Bertz CT molecular complexity index is 602. The highest BCUT2D eigenvalue weighted by atomic mass is 19.1. The number of piperidine rings is 1. The van der Waals surface area contributed by atoms with E-state index in [1.54, 1.807) is 12.1 Å². The first-order chi connectivity index (χ1) is 11.5. The predicted molar refractivity (Wildman–Crippen MR) is 86.5 cm³/mol. The molecule has 3 rings (SSSR count). The average Bonchev–Trinajstić information content (AvgIpc) is 2.55. The van der Waals surface area contributed by atoms with Crippen molar-refractivity contribution in [3.8, 4) is 0 Å². The van der Waals surface area contributed by atoms with Crippen LogP contribution in [0.1, 0.15) is 31.4 Å². The smallest absolute Gasteiger partial charge is 0.317 e. The van der Waals surface area contributed by atoms with Gasteiger partial charge in [0.2, 0.25) is 0 Å². The van der Waals surface area contributed by atoms with Crippen LogP contribution in [0.2, 0.25) is 0 Å². The number of carbonyl (C=O) groups excluding carboxylic acids is 2. The summed E-state index contributed by atoms with van der Waals surface area (Å²) in [4.78, 5) is 25.9. The van der Waals surface area contributed by atoms with Crippen molar-refractivity contribution < 1.29 is 14.0 Å². The van der Waals surface area contributed by atoms with Gasteiger partial charge in [-0.2, -0.15) is 0 Å². The summed E-state index contributed by atoms with van der Waals surface area (Å²) in [5, 5.41) is 11.8. The van der Waals surface area contributed by atoms with E-state index in [2.05, 4.69) is 21.3 Å². The van der Waals surface area contributed by atoms with E-state index < -0.39 is 18.4 Å². The second-order valence-corrected chi connectivity index (χ2v) is 6.13. The molecule has 4 amide bonds. The fraction of sp³-hybridized carbons (Fsp3) is 0.500. The first kappa shape index (κ1) is 16.7. The molecule has 1 atom stereocenters. The van der Waals surface area contributed by atoms with E-state index in [1.165, 1.54) is 17.0 Å². The van der Waals surface area contributed by atoms with Gasteiger partial charge in [0.25, 0.3) is 0 Å². The quantitative estimate of drug-likeness (QED) is 0.667. The highest BCUT2D eigenvalue weighted by Crippen LogP contribution is 2.17. The van der Waals surface area contributed by atoms with Crippen LogP contribution in [0.15, 0.2) is 24.3 Å². The third-order valence-corrected chi connectivity index (χ3v) is 4.41. The second kappa shape index (κ2) is 7.14. The lowest BCUT2D eigenvalue weighted by atomic mass is 10.1. The Balaban J connectivity index is 1.61. The molecule has 0 aliphatic carbocycles. The zero-order chi connectivity index (χ0) is 17.1. The standard InChI is InChI=1S/C16H22FN5O2/c1-10(11-3-2-4-12(17)9-11)19-14-20-15(23)22(16(24)21-14)13-5-7-18-8-6-13/h2-4,9-10,13-14,18-19H,5-8H2,1H3,(H,20,23)(H,21,24). The largest absolute Gasteiger partial charge is 0.328 e. The first-order valence-electron chi connectivity index (χ1n) is 8.17. The number of nitrogens with zero attached hydrogens (tertiary/aromatic N) is 1. The monoisotopic (exact) mass is 335 g/mol. The van der Waals surface area contributed by atoms with Gasteiger partial charge in [0.15, 0.2) is 6.29 Å². The van der Waals surface area contributed by atoms with Gasteiger partial charge in [-0.3, -0.25) is 5.32 Å². The fourth-order valence-electron chi connectivity index (χ4n) is 3.12. The lowest BCUT2D eigenvalue weighted by Gasteiger charge is -2.39. The van der Waals surface area contributed by atoms with Gasteiger partial charge in [-0.25, -0.2) is 18.9 Å². The molecule has 2 aliphatic rings. The van der Waals surface area contributed by atoms with E-state index in [0.29, 0.717) is 0 Å². The van der Waals surface area contributed by atoms with Crippen molar-refractivity contribution in [2.45, 2.75) is 38.1 Å². The molecular weight excluding hydrogens is 313 g/mol. The van der Waals surface area contributed by atoms with E-state index in [1.807, 2.05) is 6.92 Å². The van der Waals surface area contributed by atoms with Gasteiger partial charge in [0, 0.05) is 12.1 Å². The topological polar surface area (TPSA) is 85.5 Å². The number of hydrogen-bond donors (Lipinski definition) is 4. The number of amides is 4. The minimum Gasteiger partial charge on any atom is -0.317 e. The number of carbonyl (C=O) groups is 2. The maximum atomic E-state index is 13.3. The average molecular weight is 335 g/mol. The molecule has 4 N–H and O–H groups in total. The lowest BCUT2D eigenvalue weighted by molar-refractivity contribution is 0.132. The summed E-state index contributed by atoms with van der Waals surface area (Å²) in [5.74, 6) is -0.324. The van der Waals surface area contributed by atoms with Crippen LogP contribution in [0.4, 0.5) is 14.0 Å². The highest BCUT2D eigenvalue weighted by molar-refractivity contribution is 5.96. The zero-order valence-corrected chi connectivity index (χ0v) is 13.5. The second-order valence-electron chi connectivity index (χ2n) is 6.13. The molecule has 0 aromatic heterocycles. The summed E-state index contributed by atoms with van der Waals surface area (Å²) in [5.41, 5.74) is 0.735. The highest BCUT2D eigenvalue weighted by Gasteiger charge is 2.37. The Morgan fingerprint density at radius 2 is 1.88 bits per heavy atom. The van der Waals surface area contributed by atoms with Crippen LogP contribution in [0.5, 0.6) is 0 Å². The van der Waals surface area contributed by atoms with Crippen LogP contribution in [0, 0.1) is 5.82 Å². The molecule has 2 fully saturated rings. The Labute approximate surface area is 140 Å². The molecule has 2 aliphatic heterocycles. The minimum atomic E-state index is -0.693. The molecule has 0 radical (unpaired) electrons. The fourth-order valence-corrected chi connectivity index (χ4v) is 3.12. The molecular formula is C16H22FN5O2. The third-order valence-electron chi connectivity index (χ3n) is 4.41. The van der Waals surface area contributed by atoms with Gasteiger partial charge >= 0.3 is 12.1 Å². The van der Waals surface area contributed by atoms with Crippen molar-refractivity contribution in [3.05, 3.63) is 35.6 Å². The van der Waals surface area contributed by atoms with Crippen molar-refractivity contribution in [1.82, 2.24) is 26.2 Å². The van der Waals surface area contributed by atoms with E-state index >= 15 is 0 Å². The maximum absolute atomic E-state index is 13.3. The van der Waals surface area contributed by atoms with Crippen LogP contribution >= 0.6 is 0 Å². The maximum Gasteiger partial charge on any atom is 0.328 e. The molecule has 0 saturated carbocycles. The van der Waals surface area contributed by atoms with Crippen molar-refractivity contribution >= 4 is 12.1 Å². The normalized spacial score (nSPS) is 21.3. The summed E-state index contributed by atoms with van der Waals surface area (Å²) in [6.45, 7) is 3.42. The summed E-state index contributed by atoms with van der Waals surface area (Å²) in [6, 6.07) is 5.06. The number of rotatable bonds is 4. The SMILES string of the molecule is CC(NC1NC(=O)N(C2CCNCC2)C(=O)N1)c1cccc(F)c1. The van der Waals surface area contributed by atoms with E-state index in [4.69, 9.17) is 0 Å². The molecule has 1 aromatic carbocycles. The number of hydrogen-bond acceptors (Lipinski definition) is 4. The first-order valence-corrected chi connectivity index (χ1v) is 8.17. The Kier molecular flexibility index (Phi) is 4.96. The lowest BCUT2D eigenvalue weighted by Crippen LogP contribution is -2.70. The predicted octanol–water partition coefficient (Wildman–Crippen LogP) is 1.25. The molecule has 2 heterocycles. The van der Waals surface area contributed by atoms with Gasteiger partial charge in [0.1, 0.15) is 5.82 Å². The van der Waals surface area contributed by atoms with Gasteiger partial charge in [-0.15, -0.1) is 0 Å². The van der Waals surface area contributed by atoms with Crippen LogP contribution in [-0.2, 0) is 0 Å². The molecule has 0 spiro atoms. The van der Waals surface area contributed by atoms with Crippen LogP contribution < -0.4 is 21.3 Å². The van der Waals surface area contributed by atoms with E-state index in [-0.39, 0.29) is 17.9 Å². The molecule has 0 bridgehead atoms. The summed E-state index contributed by atoms with van der Waals surface area (Å²) < 4.78 is 13.3. The van der Waals surface area contributed by atoms with Gasteiger partial charge < -0.3 is 16.0 Å². The van der Waals surface area contributed by atoms with Crippen LogP contribution in [0.25, 0.3) is 0 Å². The third kappa shape index (κ3) is 3.65. The Hall–Kier alpha value is -2.19. The zero-order valence-electron chi connectivity index (χ0n) is 13.5. The van der Waals surface area contributed by atoms with Crippen molar-refractivity contribution in [1.29, 1.82) is 0 Å². The summed E-state index contributed by atoms with van der Waals surface area (Å²) in [6.07, 6.45) is 0.804. The molecule has 2 saturated heterocycles. The van der Waals surface area contributed by atoms with Gasteiger partial charge in [0.05, 0.1) is 0 Å². The molecule has 8 heteroatoms. The van der Waals surface area contributed by atoms with E-state index in [9.17, 15) is 14.0 Å². The summed E-state index contributed by atoms with van der Waals surface area (Å²) >= 11 is 0.